The fourth-order valence-electron chi connectivity index (χ4n) is 6.05. The Hall–Kier alpha value is -3.38. The molecule has 1 fully saturated rings. The first-order valence-electron chi connectivity index (χ1n) is 13.7. The fourth-order valence-corrected chi connectivity index (χ4v) is 6.05. The molecule has 0 unspecified atom stereocenters. The molecule has 4 rings (SSSR count). The van der Waals surface area contributed by atoms with Crippen LogP contribution in [0.5, 0.6) is 0 Å². The number of aliphatic hydroxyl groups is 3. The minimum absolute atomic E-state index is 0.141. The minimum atomic E-state index is -1.72. The number of amides is 3. The molecule has 2 aliphatic heterocycles. The number of aliphatic hydroxyl groups excluding tert-OH is 3. The second-order valence-electron chi connectivity index (χ2n) is 11.4. The van der Waals surface area contributed by atoms with Gasteiger partial charge in [0.25, 0.3) is 17.7 Å². The zero-order chi connectivity index (χ0) is 30.3. The van der Waals surface area contributed by atoms with Crippen LogP contribution in [0.25, 0.3) is 0 Å². The van der Waals surface area contributed by atoms with Crippen LogP contribution < -0.4 is 15.5 Å². The van der Waals surface area contributed by atoms with E-state index in [4.69, 9.17) is 4.74 Å². The first kappa shape index (κ1) is 30.6. The number of alkyl halides is 1. The first-order valence-corrected chi connectivity index (χ1v) is 13.7. The van der Waals surface area contributed by atoms with Crippen molar-refractivity contribution in [2.75, 3.05) is 22.1 Å². The van der Waals surface area contributed by atoms with E-state index in [1.165, 1.54) is 27.7 Å². The number of hydrogen-bond donors (Lipinski definition) is 5. The monoisotopic (exact) mass is 571 g/mol. The van der Waals surface area contributed by atoms with E-state index in [0.717, 1.165) is 5.56 Å². The largest absolute Gasteiger partial charge is 0.396 e. The Labute approximate surface area is 238 Å². The van der Waals surface area contributed by atoms with Crippen LogP contribution in [0.4, 0.5) is 21.5 Å². The summed E-state index contributed by atoms with van der Waals surface area (Å²) < 4.78 is 22.1. The zero-order valence-electron chi connectivity index (χ0n) is 23.8. The highest BCUT2D eigenvalue weighted by Crippen LogP contribution is 2.58. The van der Waals surface area contributed by atoms with Gasteiger partial charge in [0.2, 0.25) is 0 Å². The lowest BCUT2D eigenvalue weighted by Gasteiger charge is -2.32. The Morgan fingerprint density at radius 3 is 2.15 bits per heavy atom. The lowest BCUT2D eigenvalue weighted by atomic mass is 9.71. The van der Waals surface area contributed by atoms with Crippen LogP contribution >= 0.6 is 0 Å². The van der Waals surface area contributed by atoms with Gasteiger partial charge < -0.3 is 35.6 Å². The van der Waals surface area contributed by atoms with Gasteiger partial charge in [-0.05, 0) is 70.0 Å². The van der Waals surface area contributed by atoms with Gasteiger partial charge in [-0.1, -0.05) is 19.1 Å². The maximum absolute atomic E-state index is 15.6. The van der Waals surface area contributed by atoms with E-state index in [1.807, 2.05) is 0 Å². The molecule has 2 aliphatic rings. The van der Waals surface area contributed by atoms with Gasteiger partial charge in [-0.15, -0.1) is 0 Å². The number of rotatable bonds is 9. The summed E-state index contributed by atoms with van der Waals surface area (Å²) in [5.74, 6) is -2.89. The summed E-state index contributed by atoms with van der Waals surface area (Å²) in [6.07, 6.45) is -3.01. The normalized spacial score (nSPS) is 25.2. The van der Waals surface area contributed by atoms with Crippen molar-refractivity contribution in [3.8, 4) is 0 Å². The van der Waals surface area contributed by atoms with Crippen molar-refractivity contribution in [1.29, 1.82) is 0 Å². The molecule has 2 aromatic carbocycles. The molecule has 2 aromatic rings. The number of hydrogen-bond acceptors (Lipinski definition) is 7. The number of fused-ring (bicyclic) bond motifs is 2. The van der Waals surface area contributed by atoms with Crippen molar-refractivity contribution >= 4 is 34.8 Å². The van der Waals surface area contributed by atoms with Crippen molar-refractivity contribution in [3.05, 3.63) is 53.6 Å². The molecule has 0 aliphatic carbocycles. The van der Waals surface area contributed by atoms with Crippen LogP contribution in [0.1, 0.15) is 52.2 Å². The summed E-state index contributed by atoms with van der Waals surface area (Å²) in [5, 5.41) is 34.1. The molecule has 3 amide bonds. The quantitative estimate of drug-likeness (QED) is 0.311. The lowest BCUT2D eigenvalue weighted by Crippen LogP contribution is -2.45. The highest BCUT2D eigenvalue weighted by Gasteiger charge is 2.66. The third-order valence-electron chi connectivity index (χ3n) is 7.96. The molecule has 6 atom stereocenters. The van der Waals surface area contributed by atoms with Crippen molar-refractivity contribution < 1.29 is 38.8 Å². The molecule has 1 saturated heterocycles. The van der Waals surface area contributed by atoms with Crippen LogP contribution in [0, 0.1) is 11.8 Å². The smallest absolute Gasteiger partial charge is 0.264 e. The predicted molar refractivity (Wildman–Crippen MR) is 151 cm³/mol. The third kappa shape index (κ3) is 5.72. The second kappa shape index (κ2) is 11.5. The van der Waals surface area contributed by atoms with Gasteiger partial charge in [-0.2, -0.15) is 0 Å². The van der Waals surface area contributed by atoms with Crippen molar-refractivity contribution in [2.45, 2.75) is 77.2 Å². The number of nitrogens with one attached hydrogen (secondary N) is 2. The second-order valence-corrected chi connectivity index (χ2v) is 11.4. The van der Waals surface area contributed by atoms with Crippen molar-refractivity contribution in [1.82, 2.24) is 0 Å². The molecule has 222 valence electrons. The zero-order valence-corrected chi connectivity index (χ0v) is 23.8. The van der Waals surface area contributed by atoms with E-state index in [1.54, 1.807) is 54.3 Å². The first-order chi connectivity index (χ1) is 19.2. The number of carbonyl (C=O) groups excluding carboxylic acids is 3. The van der Waals surface area contributed by atoms with Crippen LogP contribution in [0.2, 0.25) is 0 Å². The summed E-state index contributed by atoms with van der Waals surface area (Å²) in [7, 11) is 0. The Kier molecular flexibility index (Phi) is 8.56. The SMILES string of the molecule is C[C@H](O)C(=O)Nc1ccc(CN2C(=O)[C@@]3(O[C@@H](CCO)[C@H](C(C)(C)F)[C@H]3C)c3cc(NC(=O)[C@H](C)O)ccc32)cc1. The standard InChI is InChI=1S/C30H38FN3O7/c1-16-25(29(4,5)31)24(12-13-35)41-30(16)22-14-21(33-27(39)18(3)37)10-11-23(22)34(28(30)40)15-19-6-8-20(9-7-19)32-26(38)17(2)36/h6-11,14,16-18,24-25,35-37H,12-13,15H2,1-5H3,(H,32,38)(H,33,39)/t16-,17+,18+,24+,25-,30+/m1/s1. The molecule has 0 bridgehead atoms. The predicted octanol–water partition coefficient (Wildman–Crippen LogP) is 2.85. The maximum atomic E-state index is 15.6. The molecule has 41 heavy (non-hydrogen) atoms. The molecule has 2 heterocycles. The van der Waals surface area contributed by atoms with Gasteiger partial charge in [0, 0.05) is 35.4 Å². The van der Waals surface area contributed by atoms with Crippen LogP contribution in [0.15, 0.2) is 42.5 Å². The third-order valence-corrected chi connectivity index (χ3v) is 7.96. The van der Waals surface area contributed by atoms with Gasteiger partial charge in [0.05, 0.1) is 18.3 Å². The number of benzene rings is 2. The van der Waals surface area contributed by atoms with Gasteiger partial charge in [0.1, 0.15) is 17.9 Å². The van der Waals surface area contributed by atoms with E-state index in [0.29, 0.717) is 22.6 Å². The van der Waals surface area contributed by atoms with E-state index in [-0.39, 0.29) is 25.5 Å². The lowest BCUT2D eigenvalue weighted by molar-refractivity contribution is -0.146. The highest BCUT2D eigenvalue weighted by atomic mass is 19.1. The minimum Gasteiger partial charge on any atom is -0.396 e. The van der Waals surface area contributed by atoms with Crippen LogP contribution in [-0.4, -0.2) is 63.6 Å². The van der Waals surface area contributed by atoms with Gasteiger partial charge >= 0.3 is 0 Å². The fraction of sp³-hybridized carbons (Fsp3) is 0.500. The maximum Gasteiger partial charge on any atom is 0.264 e. The average molecular weight is 572 g/mol. The summed E-state index contributed by atoms with van der Waals surface area (Å²) in [6, 6.07) is 11.7. The number of carbonyl (C=O) groups is 3. The molecule has 0 saturated carbocycles. The van der Waals surface area contributed by atoms with E-state index >= 15 is 4.39 Å². The Balaban J connectivity index is 1.75. The summed E-state index contributed by atoms with van der Waals surface area (Å²) >= 11 is 0. The number of ether oxygens (including phenoxy) is 1. The van der Waals surface area contributed by atoms with Gasteiger partial charge in [0.15, 0.2) is 5.60 Å². The van der Waals surface area contributed by atoms with Crippen molar-refractivity contribution in [3.63, 3.8) is 0 Å². The average Bonchev–Trinajstić information content (AvgIpc) is 3.31. The number of nitrogens with zero attached hydrogens (tertiary/aromatic N) is 1. The summed E-state index contributed by atoms with van der Waals surface area (Å²) in [6.45, 7) is 7.26. The molecule has 0 radical (unpaired) electrons. The molecule has 10 nitrogen and oxygen atoms in total. The molecular formula is C30H38FN3O7. The van der Waals surface area contributed by atoms with Gasteiger partial charge in [-0.3, -0.25) is 14.4 Å². The topological polar surface area (TPSA) is 148 Å². The Morgan fingerprint density at radius 1 is 1.05 bits per heavy atom. The van der Waals surface area contributed by atoms with E-state index in [2.05, 4.69) is 10.6 Å². The number of halogens is 1. The summed E-state index contributed by atoms with van der Waals surface area (Å²) in [5.41, 5.74) is -0.726. The highest BCUT2D eigenvalue weighted by molar-refractivity contribution is 6.08. The van der Waals surface area contributed by atoms with E-state index in [9.17, 15) is 29.7 Å². The van der Waals surface area contributed by atoms with Crippen LogP contribution in [-0.2, 0) is 31.3 Å². The van der Waals surface area contributed by atoms with E-state index < -0.39 is 53.2 Å². The number of anilines is 3. The Bertz CT molecular complexity index is 1310. The summed E-state index contributed by atoms with van der Waals surface area (Å²) in [4.78, 5) is 40.0. The van der Waals surface area contributed by atoms with Crippen LogP contribution in [0.3, 0.4) is 0 Å². The molecular weight excluding hydrogens is 533 g/mol. The molecule has 11 heteroatoms. The molecule has 5 N–H and O–H groups in total. The Morgan fingerprint density at radius 2 is 1.61 bits per heavy atom. The molecule has 0 aromatic heterocycles. The van der Waals surface area contributed by atoms with Gasteiger partial charge in [-0.25, -0.2) is 4.39 Å². The molecule has 1 spiro atoms. The van der Waals surface area contributed by atoms with Crippen molar-refractivity contribution in [2.24, 2.45) is 11.8 Å².